The maximum atomic E-state index is 10.8. The molecule has 1 aromatic rings. The molecule has 1 unspecified atom stereocenters. The third kappa shape index (κ3) is 2.48. The lowest BCUT2D eigenvalue weighted by molar-refractivity contribution is 0.194. The van der Waals surface area contributed by atoms with Crippen LogP contribution >= 0.6 is 15.9 Å². The zero-order valence-electron chi connectivity index (χ0n) is 11.4. The van der Waals surface area contributed by atoms with Crippen molar-refractivity contribution in [1.29, 1.82) is 0 Å². The quantitative estimate of drug-likeness (QED) is 0.617. The predicted octanol–water partition coefficient (Wildman–Crippen LogP) is 4.06. The van der Waals surface area contributed by atoms with Crippen molar-refractivity contribution in [3.05, 3.63) is 33.8 Å². The molecule has 3 rings (SSSR count). The number of carbonyl (C=O) groups excluding carboxylic acids is 1. The average molecular weight is 336 g/mol. The van der Waals surface area contributed by atoms with Crippen LogP contribution in [0.5, 0.6) is 0 Å². The smallest absolute Gasteiger partial charge is 0.235 e. The molecular formula is C16H18BrNO2. The zero-order valence-corrected chi connectivity index (χ0v) is 13.0. The maximum absolute atomic E-state index is 10.8. The molecule has 1 aliphatic carbocycles. The van der Waals surface area contributed by atoms with Gasteiger partial charge >= 0.3 is 0 Å². The summed E-state index contributed by atoms with van der Waals surface area (Å²) in [6.07, 6.45) is 7.00. The molecule has 0 N–H and O–H groups in total. The van der Waals surface area contributed by atoms with Crippen molar-refractivity contribution in [2.75, 3.05) is 13.2 Å². The molecule has 0 aromatic heterocycles. The first-order chi connectivity index (χ1) is 9.75. The van der Waals surface area contributed by atoms with E-state index in [0.717, 1.165) is 55.4 Å². The van der Waals surface area contributed by atoms with Gasteiger partial charge in [0.25, 0.3) is 0 Å². The first-order valence-corrected chi connectivity index (χ1v) is 8.01. The molecular weight excluding hydrogens is 318 g/mol. The summed E-state index contributed by atoms with van der Waals surface area (Å²) in [7, 11) is 0. The molecule has 1 aromatic carbocycles. The number of benzene rings is 1. The van der Waals surface area contributed by atoms with Gasteiger partial charge in [0.05, 0.1) is 12.1 Å². The van der Waals surface area contributed by atoms with E-state index in [0.29, 0.717) is 5.92 Å². The van der Waals surface area contributed by atoms with Crippen LogP contribution in [0.1, 0.15) is 49.1 Å². The molecule has 0 radical (unpaired) electrons. The van der Waals surface area contributed by atoms with Crippen LogP contribution in [-0.4, -0.2) is 19.3 Å². The molecule has 4 heteroatoms. The third-order valence-corrected chi connectivity index (χ3v) is 5.28. The van der Waals surface area contributed by atoms with Gasteiger partial charge in [-0.2, -0.15) is 4.99 Å². The summed E-state index contributed by atoms with van der Waals surface area (Å²) in [5, 5.41) is 0. The number of halogens is 1. The predicted molar refractivity (Wildman–Crippen MR) is 80.6 cm³/mol. The van der Waals surface area contributed by atoms with Gasteiger partial charge in [-0.05, 0) is 36.5 Å². The Labute approximate surface area is 127 Å². The number of hydrogen-bond acceptors (Lipinski definition) is 3. The van der Waals surface area contributed by atoms with E-state index >= 15 is 0 Å². The summed E-state index contributed by atoms with van der Waals surface area (Å²) in [6, 6.07) is 6.43. The van der Waals surface area contributed by atoms with Crippen molar-refractivity contribution < 1.29 is 9.53 Å². The van der Waals surface area contributed by atoms with Gasteiger partial charge in [-0.1, -0.05) is 40.9 Å². The van der Waals surface area contributed by atoms with E-state index in [9.17, 15) is 4.79 Å². The highest BCUT2D eigenvalue weighted by atomic mass is 79.9. The Morgan fingerprint density at radius 3 is 2.75 bits per heavy atom. The van der Waals surface area contributed by atoms with Crippen LogP contribution in [0.4, 0.5) is 0 Å². The molecule has 0 spiro atoms. The van der Waals surface area contributed by atoms with E-state index in [-0.39, 0.29) is 5.54 Å². The van der Waals surface area contributed by atoms with Crippen molar-refractivity contribution in [3.63, 3.8) is 0 Å². The molecule has 1 saturated carbocycles. The molecule has 0 bridgehead atoms. The molecule has 3 nitrogen and oxygen atoms in total. The summed E-state index contributed by atoms with van der Waals surface area (Å²) in [6.45, 7) is 1.65. The Kier molecular flexibility index (Phi) is 4.06. The monoisotopic (exact) mass is 335 g/mol. The van der Waals surface area contributed by atoms with E-state index in [4.69, 9.17) is 4.74 Å². The first-order valence-electron chi connectivity index (χ1n) is 7.22. The van der Waals surface area contributed by atoms with Gasteiger partial charge < -0.3 is 4.74 Å². The van der Waals surface area contributed by atoms with Crippen molar-refractivity contribution in [2.45, 2.75) is 43.6 Å². The lowest BCUT2D eigenvalue weighted by Gasteiger charge is -2.24. The molecule has 1 atom stereocenters. The van der Waals surface area contributed by atoms with E-state index < -0.39 is 0 Å². The lowest BCUT2D eigenvalue weighted by atomic mass is 9.87. The summed E-state index contributed by atoms with van der Waals surface area (Å²) in [4.78, 5) is 14.9. The van der Waals surface area contributed by atoms with Gasteiger partial charge in [0.2, 0.25) is 6.08 Å². The topological polar surface area (TPSA) is 38.7 Å². The SMILES string of the molecule is O=C=NC1(c2ccc(C3CCOC3)c(Br)c2)CCCC1. The Balaban J connectivity index is 1.94. The number of ether oxygens (including phenoxy) is 1. The van der Waals surface area contributed by atoms with Gasteiger partial charge in [-0.25, -0.2) is 4.79 Å². The van der Waals surface area contributed by atoms with Gasteiger partial charge in [0.15, 0.2) is 0 Å². The van der Waals surface area contributed by atoms with Crippen LogP contribution in [0.2, 0.25) is 0 Å². The minimum absolute atomic E-state index is 0.338. The highest BCUT2D eigenvalue weighted by Gasteiger charge is 2.36. The molecule has 1 aliphatic heterocycles. The Bertz CT molecular complexity index is 539. The number of rotatable bonds is 3. The van der Waals surface area contributed by atoms with Crippen LogP contribution in [0.15, 0.2) is 27.7 Å². The van der Waals surface area contributed by atoms with E-state index in [2.05, 4.69) is 39.1 Å². The van der Waals surface area contributed by atoms with Crippen LogP contribution in [0, 0.1) is 0 Å². The highest BCUT2D eigenvalue weighted by molar-refractivity contribution is 9.10. The second kappa shape index (κ2) is 5.80. The summed E-state index contributed by atoms with van der Waals surface area (Å²) in [5.74, 6) is 0.479. The van der Waals surface area contributed by atoms with Crippen LogP contribution in [0.25, 0.3) is 0 Å². The lowest BCUT2D eigenvalue weighted by Crippen LogP contribution is -2.19. The van der Waals surface area contributed by atoms with E-state index in [1.165, 1.54) is 5.56 Å². The van der Waals surface area contributed by atoms with Gasteiger partial charge in [-0.3, -0.25) is 0 Å². The van der Waals surface area contributed by atoms with Crippen LogP contribution in [-0.2, 0) is 15.1 Å². The molecule has 0 amide bonds. The first kappa shape index (κ1) is 14.0. The van der Waals surface area contributed by atoms with Crippen LogP contribution < -0.4 is 0 Å². The molecule has 20 heavy (non-hydrogen) atoms. The largest absolute Gasteiger partial charge is 0.381 e. The summed E-state index contributed by atoms with van der Waals surface area (Å²) < 4.78 is 6.57. The van der Waals surface area contributed by atoms with Gasteiger partial charge in [-0.15, -0.1) is 0 Å². The van der Waals surface area contributed by atoms with E-state index in [1.54, 1.807) is 6.08 Å². The number of hydrogen-bond donors (Lipinski definition) is 0. The Morgan fingerprint density at radius 2 is 2.15 bits per heavy atom. The third-order valence-electron chi connectivity index (χ3n) is 4.60. The van der Waals surface area contributed by atoms with Gasteiger partial charge in [0, 0.05) is 17.0 Å². The van der Waals surface area contributed by atoms with Crippen LogP contribution in [0.3, 0.4) is 0 Å². The Morgan fingerprint density at radius 1 is 1.35 bits per heavy atom. The van der Waals surface area contributed by atoms with E-state index in [1.807, 2.05) is 0 Å². The van der Waals surface area contributed by atoms with Crippen molar-refractivity contribution in [3.8, 4) is 0 Å². The highest BCUT2D eigenvalue weighted by Crippen LogP contribution is 2.44. The standard InChI is InChI=1S/C16H18BrNO2/c17-15-9-13(16(18-11-19)6-1-2-7-16)3-4-14(15)12-5-8-20-10-12/h3-4,9,12H,1-2,5-8,10H2. The maximum Gasteiger partial charge on any atom is 0.235 e. The van der Waals surface area contributed by atoms with Gasteiger partial charge in [0.1, 0.15) is 0 Å². The fraction of sp³-hybridized carbons (Fsp3) is 0.562. The minimum Gasteiger partial charge on any atom is -0.381 e. The fourth-order valence-electron chi connectivity index (χ4n) is 3.44. The van der Waals surface area contributed by atoms with Crippen molar-refractivity contribution in [1.82, 2.24) is 0 Å². The molecule has 2 aliphatic rings. The molecule has 106 valence electrons. The zero-order chi connectivity index (χ0) is 14.0. The van der Waals surface area contributed by atoms with Crippen molar-refractivity contribution >= 4 is 22.0 Å². The summed E-state index contributed by atoms with van der Waals surface area (Å²) in [5.41, 5.74) is 2.09. The number of nitrogens with zero attached hydrogens (tertiary/aromatic N) is 1. The molecule has 1 saturated heterocycles. The minimum atomic E-state index is -0.338. The second-order valence-corrected chi connectivity index (χ2v) is 6.59. The molecule has 2 fully saturated rings. The normalized spacial score (nSPS) is 24.6. The number of isocyanates is 1. The average Bonchev–Trinajstić information content (AvgIpc) is 3.10. The Hall–Kier alpha value is -0.960. The van der Waals surface area contributed by atoms with Crippen molar-refractivity contribution in [2.24, 2.45) is 4.99 Å². The molecule has 1 heterocycles. The number of aliphatic imine (C=N–C) groups is 1. The second-order valence-electron chi connectivity index (χ2n) is 5.74. The summed E-state index contributed by atoms with van der Waals surface area (Å²) >= 11 is 3.68. The fourth-order valence-corrected chi connectivity index (χ4v) is 4.14.